The largest absolute Gasteiger partial charge is 0.497 e. The van der Waals surface area contributed by atoms with Crippen LogP contribution in [0.4, 0.5) is 0 Å². The van der Waals surface area contributed by atoms with Gasteiger partial charge in [-0.1, -0.05) is 29.8 Å². The van der Waals surface area contributed by atoms with Crippen LogP contribution in [0, 0.1) is 6.92 Å². The van der Waals surface area contributed by atoms with Crippen LogP contribution in [0.1, 0.15) is 11.1 Å². The van der Waals surface area contributed by atoms with E-state index in [2.05, 4.69) is 4.72 Å². The zero-order valence-electron chi connectivity index (χ0n) is 12.4. The lowest BCUT2D eigenvalue weighted by Crippen LogP contribution is -2.31. The molecule has 0 aliphatic carbocycles. The topological polar surface area (TPSA) is 72.5 Å². The summed E-state index contributed by atoms with van der Waals surface area (Å²) in [5.74, 6) is 0.0992. The SMILES string of the molecule is COc1ccc(CC(=O)NS(=O)(=O)c2ccc(C)cc2)cc1. The molecule has 0 atom stereocenters. The number of hydrogen-bond acceptors (Lipinski definition) is 4. The van der Waals surface area contributed by atoms with Crippen LogP contribution in [0.2, 0.25) is 0 Å². The fourth-order valence-corrected chi connectivity index (χ4v) is 2.88. The highest BCUT2D eigenvalue weighted by Crippen LogP contribution is 2.13. The Hall–Kier alpha value is -2.34. The van der Waals surface area contributed by atoms with Crippen LogP contribution in [-0.2, 0) is 21.2 Å². The molecule has 0 aromatic heterocycles. The predicted molar refractivity (Wildman–Crippen MR) is 83.2 cm³/mol. The molecule has 22 heavy (non-hydrogen) atoms. The van der Waals surface area contributed by atoms with Crippen LogP contribution < -0.4 is 9.46 Å². The molecule has 0 saturated carbocycles. The lowest BCUT2D eigenvalue weighted by molar-refractivity contribution is -0.118. The fraction of sp³-hybridized carbons (Fsp3) is 0.188. The van der Waals surface area contributed by atoms with E-state index >= 15 is 0 Å². The summed E-state index contributed by atoms with van der Waals surface area (Å²) >= 11 is 0. The third-order valence-corrected chi connectivity index (χ3v) is 4.49. The number of amides is 1. The van der Waals surface area contributed by atoms with Crippen LogP contribution >= 0.6 is 0 Å². The summed E-state index contributed by atoms with van der Waals surface area (Å²) in [5, 5.41) is 0. The molecule has 0 saturated heterocycles. The lowest BCUT2D eigenvalue weighted by Gasteiger charge is -2.08. The van der Waals surface area contributed by atoms with Gasteiger partial charge in [-0.3, -0.25) is 4.79 Å². The molecule has 2 rings (SSSR count). The Morgan fingerprint density at radius 1 is 1.05 bits per heavy atom. The van der Waals surface area contributed by atoms with Crippen LogP contribution in [0.15, 0.2) is 53.4 Å². The van der Waals surface area contributed by atoms with Crippen molar-refractivity contribution in [3.8, 4) is 5.75 Å². The second-order valence-electron chi connectivity index (χ2n) is 4.87. The molecular formula is C16H17NO4S. The molecule has 6 heteroatoms. The molecule has 2 aromatic rings. The van der Waals surface area contributed by atoms with Crippen molar-refractivity contribution < 1.29 is 17.9 Å². The third kappa shape index (κ3) is 4.08. The average molecular weight is 319 g/mol. The van der Waals surface area contributed by atoms with Gasteiger partial charge >= 0.3 is 0 Å². The Balaban J connectivity index is 2.05. The van der Waals surface area contributed by atoms with Crippen molar-refractivity contribution in [2.45, 2.75) is 18.2 Å². The Morgan fingerprint density at radius 2 is 1.64 bits per heavy atom. The number of ether oxygens (including phenoxy) is 1. The zero-order valence-corrected chi connectivity index (χ0v) is 13.2. The van der Waals surface area contributed by atoms with Crippen molar-refractivity contribution in [1.29, 1.82) is 0 Å². The fourth-order valence-electron chi connectivity index (χ4n) is 1.89. The van der Waals surface area contributed by atoms with Crippen molar-refractivity contribution in [1.82, 2.24) is 4.72 Å². The highest BCUT2D eigenvalue weighted by molar-refractivity contribution is 7.90. The van der Waals surface area contributed by atoms with E-state index in [0.29, 0.717) is 11.3 Å². The number of benzene rings is 2. The van der Waals surface area contributed by atoms with E-state index in [1.165, 1.54) is 12.1 Å². The summed E-state index contributed by atoms with van der Waals surface area (Å²) in [6.45, 7) is 1.86. The molecule has 1 N–H and O–H groups in total. The lowest BCUT2D eigenvalue weighted by atomic mass is 10.1. The van der Waals surface area contributed by atoms with Crippen molar-refractivity contribution in [2.75, 3.05) is 7.11 Å². The van der Waals surface area contributed by atoms with E-state index in [0.717, 1.165) is 5.56 Å². The maximum Gasteiger partial charge on any atom is 0.264 e. The minimum absolute atomic E-state index is 0.0188. The summed E-state index contributed by atoms with van der Waals surface area (Å²) in [6, 6.07) is 13.2. The number of rotatable bonds is 5. The minimum atomic E-state index is -3.83. The first-order valence-electron chi connectivity index (χ1n) is 6.66. The second-order valence-corrected chi connectivity index (χ2v) is 6.55. The first-order chi connectivity index (χ1) is 10.4. The number of carbonyl (C=O) groups is 1. The highest BCUT2D eigenvalue weighted by Gasteiger charge is 2.17. The van der Waals surface area contributed by atoms with Gasteiger partial charge in [-0.05, 0) is 36.8 Å². The maximum absolute atomic E-state index is 12.1. The second kappa shape index (κ2) is 6.62. The molecule has 0 aliphatic heterocycles. The number of carbonyl (C=O) groups excluding carboxylic acids is 1. The highest BCUT2D eigenvalue weighted by atomic mass is 32.2. The summed E-state index contributed by atoms with van der Waals surface area (Å²) in [5.41, 5.74) is 1.65. The van der Waals surface area contributed by atoms with E-state index in [1.54, 1.807) is 43.5 Å². The molecule has 0 fully saturated rings. The molecule has 1 amide bonds. The first kappa shape index (κ1) is 16.0. The number of nitrogens with one attached hydrogen (secondary N) is 1. The smallest absolute Gasteiger partial charge is 0.264 e. The van der Waals surface area contributed by atoms with Crippen molar-refractivity contribution in [3.63, 3.8) is 0 Å². The summed E-state index contributed by atoms with van der Waals surface area (Å²) in [6.07, 6.45) is -0.0188. The summed E-state index contributed by atoms with van der Waals surface area (Å²) in [4.78, 5) is 12.0. The molecule has 0 radical (unpaired) electrons. The van der Waals surface area contributed by atoms with Crippen LogP contribution in [-0.4, -0.2) is 21.4 Å². The van der Waals surface area contributed by atoms with Crippen molar-refractivity contribution in [2.24, 2.45) is 0 Å². The molecule has 0 unspecified atom stereocenters. The van der Waals surface area contributed by atoms with Gasteiger partial charge in [-0.15, -0.1) is 0 Å². The molecule has 5 nitrogen and oxygen atoms in total. The Kier molecular flexibility index (Phi) is 4.82. The van der Waals surface area contributed by atoms with Gasteiger partial charge in [-0.25, -0.2) is 13.1 Å². The number of methoxy groups -OCH3 is 1. The van der Waals surface area contributed by atoms with Gasteiger partial charge in [0.2, 0.25) is 5.91 Å². The van der Waals surface area contributed by atoms with Gasteiger partial charge in [0.05, 0.1) is 18.4 Å². The zero-order chi connectivity index (χ0) is 16.2. The van der Waals surface area contributed by atoms with E-state index in [9.17, 15) is 13.2 Å². The van der Waals surface area contributed by atoms with Gasteiger partial charge in [0, 0.05) is 0 Å². The molecule has 0 heterocycles. The van der Waals surface area contributed by atoms with Gasteiger partial charge in [-0.2, -0.15) is 0 Å². The van der Waals surface area contributed by atoms with Gasteiger partial charge in [0.1, 0.15) is 5.75 Å². The molecular weight excluding hydrogens is 302 g/mol. The van der Waals surface area contributed by atoms with Crippen LogP contribution in [0.25, 0.3) is 0 Å². The van der Waals surface area contributed by atoms with Crippen LogP contribution in [0.3, 0.4) is 0 Å². The Morgan fingerprint density at radius 3 is 2.18 bits per heavy atom. The van der Waals surface area contributed by atoms with E-state index in [-0.39, 0.29) is 11.3 Å². The molecule has 0 spiro atoms. The van der Waals surface area contributed by atoms with Crippen LogP contribution in [0.5, 0.6) is 5.75 Å². The maximum atomic E-state index is 12.1. The predicted octanol–water partition coefficient (Wildman–Crippen LogP) is 2.05. The molecule has 0 aliphatic rings. The third-order valence-electron chi connectivity index (χ3n) is 3.10. The van der Waals surface area contributed by atoms with E-state index in [4.69, 9.17) is 4.74 Å². The number of sulfonamides is 1. The molecule has 116 valence electrons. The van der Waals surface area contributed by atoms with Crippen molar-refractivity contribution >= 4 is 15.9 Å². The average Bonchev–Trinajstić information content (AvgIpc) is 2.48. The van der Waals surface area contributed by atoms with Gasteiger partial charge < -0.3 is 4.74 Å². The molecule has 2 aromatic carbocycles. The summed E-state index contributed by atoms with van der Waals surface area (Å²) < 4.78 is 31.3. The van der Waals surface area contributed by atoms with Gasteiger partial charge in [0.15, 0.2) is 0 Å². The van der Waals surface area contributed by atoms with Crippen molar-refractivity contribution in [3.05, 3.63) is 59.7 Å². The quantitative estimate of drug-likeness (QED) is 0.915. The normalized spacial score (nSPS) is 11.0. The number of aryl methyl sites for hydroxylation is 1. The standard InChI is InChI=1S/C16H17NO4S/c1-12-3-9-15(10-4-12)22(19,20)17-16(18)11-13-5-7-14(21-2)8-6-13/h3-10H,11H2,1-2H3,(H,17,18). The Labute approximate surface area is 130 Å². The van der Waals surface area contributed by atoms with E-state index in [1.807, 2.05) is 6.92 Å². The van der Waals surface area contributed by atoms with E-state index < -0.39 is 15.9 Å². The minimum Gasteiger partial charge on any atom is -0.497 e. The molecule has 0 bridgehead atoms. The summed E-state index contributed by atoms with van der Waals surface area (Å²) in [7, 11) is -2.28. The Bertz CT molecular complexity index is 750. The number of hydrogen-bond donors (Lipinski definition) is 1. The monoisotopic (exact) mass is 319 g/mol. The first-order valence-corrected chi connectivity index (χ1v) is 8.14. The van der Waals surface area contributed by atoms with Gasteiger partial charge in [0.25, 0.3) is 10.0 Å².